The quantitative estimate of drug-likeness (QED) is 0.278. The number of carbonyl (C=O) groups excluding carboxylic acids is 2. The molecule has 0 atom stereocenters. The standard InChI is InChI=1S/C4H2N2O2/c5-6(1-3-7)2-4-8/h1-2H. The van der Waals surface area contributed by atoms with Gasteiger partial charge in [0, 0.05) is 0 Å². The zero-order chi connectivity index (χ0) is 6.41. The van der Waals surface area contributed by atoms with Gasteiger partial charge in [-0.05, 0) is 0 Å². The Balaban J connectivity index is 4.04. The SMILES string of the molecule is [N-]=[N+](C=C=O)C=C=O. The van der Waals surface area contributed by atoms with Crippen LogP contribution in [0.3, 0.4) is 0 Å². The summed E-state index contributed by atoms with van der Waals surface area (Å²) < 4.78 is 0.264. The van der Waals surface area contributed by atoms with E-state index in [9.17, 15) is 9.59 Å². The van der Waals surface area contributed by atoms with Gasteiger partial charge in [0.15, 0.2) is 11.9 Å². The summed E-state index contributed by atoms with van der Waals surface area (Å²) in [6.45, 7) is 0. The highest BCUT2D eigenvalue weighted by Crippen LogP contribution is 1.67. The lowest BCUT2D eigenvalue weighted by Gasteiger charge is -1.78. The van der Waals surface area contributed by atoms with Crippen molar-refractivity contribution in [3.8, 4) is 0 Å². The predicted octanol–water partition coefficient (Wildman–Crippen LogP) is -0.289. The third-order valence-corrected chi connectivity index (χ3v) is 0.370. The minimum absolute atomic E-state index is 0.264. The average molecular weight is 110 g/mol. The van der Waals surface area contributed by atoms with Gasteiger partial charge in [-0.3, -0.25) is 0 Å². The highest BCUT2D eigenvalue weighted by atomic mass is 16.1. The molecule has 0 aromatic heterocycles. The highest BCUT2D eigenvalue weighted by Gasteiger charge is 1.76. The number of hydrogen-bond donors (Lipinski definition) is 0. The van der Waals surface area contributed by atoms with E-state index in [0.29, 0.717) is 12.4 Å². The monoisotopic (exact) mass is 110 g/mol. The van der Waals surface area contributed by atoms with E-state index in [2.05, 4.69) is 0 Å². The highest BCUT2D eigenvalue weighted by molar-refractivity contribution is 5.44. The van der Waals surface area contributed by atoms with Gasteiger partial charge < -0.3 is 5.53 Å². The molecule has 0 bridgehead atoms. The molecule has 0 fully saturated rings. The second-order valence-electron chi connectivity index (χ2n) is 0.874. The third-order valence-electron chi connectivity index (χ3n) is 0.370. The Morgan fingerprint density at radius 2 is 1.62 bits per heavy atom. The topological polar surface area (TPSA) is 59.5 Å². The van der Waals surface area contributed by atoms with Gasteiger partial charge in [0.1, 0.15) is 0 Å². The van der Waals surface area contributed by atoms with Crippen molar-refractivity contribution in [3.63, 3.8) is 0 Å². The summed E-state index contributed by atoms with van der Waals surface area (Å²) in [6, 6.07) is 0. The molecule has 0 unspecified atom stereocenters. The summed E-state index contributed by atoms with van der Waals surface area (Å²) in [5.74, 6) is 2.49. The van der Waals surface area contributed by atoms with Crippen molar-refractivity contribution < 1.29 is 14.3 Å². The van der Waals surface area contributed by atoms with E-state index < -0.39 is 0 Å². The Morgan fingerprint density at radius 1 is 1.25 bits per heavy atom. The van der Waals surface area contributed by atoms with Crippen molar-refractivity contribution in [1.82, 2.24) is 0 Å². The molecular weight excluding hydrogens is 108 g/mol. The molecule has 0 aliphatic carbocycles. The molecule has 8 heavy (non-hydrogen) atoms. The molecule has 0 aromatic carbocycles. The zero-order valence-electron chi connectivity index (χ0n) is 3.87. The van der Waals surface area contributed by atoms with Gasteiger partial charge in [0.25, 0.3) is 0 Å². The number of hydrogen-bond acceptors (Lipinski definition) is 2. The van der Waals surface area contributed by atoms with Crippen molar-refractivity contribution in [2.75, 3.05) is 0 Å². The van der Waals surface area contributed by atoms with Gasteiger partial charge in [-0.25, -0.2) is 14.3 Å². The van der Waals surface area contributed by atoms with Crippen molar-refractivity contribution in [2.45, 2.75) is 0 Å². The van der Waals surface area contributed by atoms with Crippen LogP contribution in [0.1, 0.15) is 0 Å². The predicted molar refractivity (Wildman–Crippen MR) is 24.1 cm³/mol. The Hall–Kier alpha value is -1.50. The fraction of sp³-hybridized carbons (Fsp3) is 0. The first-order valence-corrected chi connectivity index (χ1v) is 1.70. The van der Waals surface area contributed by atoms with Crippen LogP contribution in [-0.4, -0.2) is 16.6 Å². The van der Waals surface area contributed by atoms with Crippen LogP contribution in [0.25, 0.3) is 5.53 Å². The third kappa shape index (κ3) is 2.72. The second kappa shape index (κ2) is 3.68. The maximum Gasteiger partial charge on any atom is 0.248 e. The molecule has 0 heterocycles. The molecule has 0 amide bonds. The molecule has 0 aromatic rings. The van der Waals surface area contributed by atoms with Gasteiger partial charge >= 0.3 is 0 Å². The van der Waals surface area contributed by atoms with Gasteiger partial charge in [-0.15, -0.1) is 0 Å². The summed E-state index contributed by atoms with van der Waals surface area (Å²) in [5.41, 5.74) is 8.25. The first-order chi connectivity index (χ1) is 3.81. The summed E-state index contributed by atoms with van der Waals surface area (Å²) in [5, 5.41) is 0. The van der Waals surface area contributed by atoms with Crippen LogP contribution in [0.2, 0.25) is 0 Å². The fourth-order valence-corrected chi connectivity index (χ4v) is 0.145. The Kier molecular flexibility index (Phi) is 2.99. The molecule has 0 aliphatic rings. The van der Waals surface area contributed by atoms with Crippen molar-refractivity contribution >= 4 is 11.9 Å². The first kappa shape index (κ1) is 6.50. The minimum Gasteiger partial charge on any atom is -0.493 e. The lowest BCUT2D eigenvalue weighted by atomic mass is 10.9. The maximum absolute atomic E-state index is 9.36. The normalized spacial score (nSPS) is 6.00. The van der Waals surface area contributed by atoms with Gasteiger partial charge in [-0.2, -0.15) is 0 Å². The molecule has 0 aliphatic heterocycles. The van der Waals surface area contributed by atoms with Gasteiger partial charge in [0.2, 0.25) is 12.4 Å². The summed E-state index contributed by atoms with van der Waals surface area (Å²) in [6.07, 6.45) is 1.29. The van der Waals surface area contributed by atoms with Crippen molar-refractivity contribution in [1.29, 1.82) is 0 Å². The van der Waals surface area contributed by atoms with E-state index >= 15 is 0 Å². The second-order valence-corrected chi connectivity index (χ2v) is 0.874. The lowest BCUT2D eigenvalue weighted by molar-refractivity contribution is -0.397. The van der Waals surface area contributed by atoms with Crippen molar-refractivity contribution in [2.24, 2.45) is 0 Å². The average Bonchev–Trinajstić information content (AvgIpc) is 1.68. The molecule has 0 radical (unpaired) electrons. The lowest BCUT2D eigenvalue weighted by Crippen LogP contribution is -1.83. The van der Waals surface area contributed by atoms with Crippen LogP contribution in [-0.2, 0) is 9.59 Å². The van der Waals surface area contributed by atoms with E-state index in [1.54, 1.807) is 0 Å². The largest absolute Gasteiger partial charge is 0.493 e. The maximum atomic E-state index is 9.36. The van der Waals surface area contributed by atoms with E-state index in [1.165, 1.54) is 11.9 Å². The van der Waals surface area contributed by atoms with Gasteiger partial charge in [0.05, 0.1) is 0 Å². The van der Waals surface area contributed by atoms with Crippen LogP contribution in [0.5, 0.6) is 0 Å². The minimum atomic E-state index is 0.264. The molecule has 0 N–H and O–H groups in total. The van der Waals surface area contributed by atoms with E-state index in [-0.39, 0.29) is 4.70 Å². The van der Waals surface area contributed by atoms with Crippen LogP contribution >= 0.6 is 0 Å². The molecular formula is C4H2N2O2. The summed E-state index contributed by atoms with van der Waals surface area (Å²) in [7, 11) is 0. The molecule has 4 nitrogen and oxygen atoms in total. The molecule has 0 rings (SSSR count). The number of rotatable bonds is 2. The van der Waals surface area contributed by atoms with E-state index in [1.807, 2.05) is 0 Å². The Morgan fingerprint density at radius 3 is 1.88 bits per heavy atom. The van der Waals surface area contributed by atoms with E-state index in [0.717, 1.165) is 0 Å². The number of nitrogens with zero attached hydrogens (tertiary/aromatic N) is 2. The first-order valence-electron chi connectivity index (χ1n) is 1.70. The van der Waals surface area contributed by atoms with Crippen LogP contribution in [0, 0.1) is 0 Å². The van der Waals surface area contributed by atoms with Crippen LogP contribution < -0.4 is 0 Å². The molecule has 0 saturated carbocycles. The van der Waals surface area contributed by atoms with E-state index in [4.69, 9.17) is 5.53 Å². The molecule has 40 valence electrons. The van der Waals surface area contributed by atoms with Crippen LogP contribution in [0.4, 0.5) is 0 Å². The van der Waals surface area contributed by atoms with Crippen LogP contribution in [0.15, 0.2) is 12.4 Å². The Labute approximate surface area is 45.2 Å². The zero-order valence-corrected chi connectivity index (χ0v) is 3.87. The molecule has 0 saturated heterocycles. The smallest absolute Gasteiger partial charge is 0.248 e. The Bertz CT molecular complexity index is 164. The van der Waals surface area contributed by atoms with Crippen molar-refractivity contribution in [3.05, 3.63) is 17.9 Å². The molecule has 4 heteroatoms. The molecule has 0 spiro atoms. The summed E-state index contributed by atoms with van der Waals surface area (Å²) >= 11 is 0. The summed E-state index contributed by atoms with van der Waals surface area (Å²) in [4.78, 5) is 18.7. The fourth-order valence-electron chi connectivity index (χ4n) is 0.145. The van der Waals surface area contributed by atoms with Gasteiger partial charge in [-0.1, -0.05) is 0 Å².